The summed E-state index contributed by atoms with van der Waals surface area (Å²) in [5, 5.41) is 0. The van der Waals surface area contributed by atoms with Crippen LogP contribution < -0.4 is 11.3 Å². The van der Waals surface area contributed by atoms with Gasteiger partial charge in [-0.15, -0.1) is 0 Å². The highest BCUT2D eigenvalue weighted by atomic mass is 19.4. The molecular weight excluding hydrogens is 284 g/mol. The smallest absolute Gasteiger partial charge is 0.271 e. The van der Waals surface area contributed by atoms with E-state index < -0.39 is 12.1 Å². The molecule has 3 unspecified atom stereocenters. The molecule has 1 saturated carbocycles. The van der Waals surface area contributed by atoms with Gasteiger partial charge in [-0.3, -0.25) is 11.3 Å². The molecule has 6 heteroatoms. The molecule has 118 valence electrons. The first-order chi connectivity index (χ1) is 9.90. The van der Waals surface area contributed by atoms with Crippen LogP contribution in [0.3, 0.4) is 0 Å². The van der Waals surface area contributed by atoms with Gasteiger partial charge in [0.15, 0.2) is 0 Å². The van der Waals surface area contributed by atoms with Crippen molar-refractivity contribution in [3.8, 4) is 0 Å². The van der Waals surface area contributed by atoms with E-state index in [2.05, 4.69) is 5.43 Å². The Labute approximate surface area is 121 Å². The third kappa shape index (κ3) is 4.41. The summed E-state index contributed by atoms with van der Waals surface area (Å²) in [7, 11) is 0. The third-order valence-electron chi connectivity index (χ3n) is 4.31. The molecule has 0 aromatic heterocycles. The van der Waals surface area contributed by atoms with Gasteiger partial charge in [0, 0.05) is 6.04 Å². The maximum atomic E-state index is 13.2. The second kappa shape index (κ2) is 6.75. The first-order valence-electron chi connectivity index (χ1n) is 7.17. The summed E-state index contributed by atoms with van der Waals surface area (Å²) in [4.78, 5) is 0. The van der Waals surface area contributed by atoms with Crippen LogP contribution in [0.1, 0.15) is 31.2 Å². The summed E-state index contributed by atoms with van der Waals surface area (Å²) >= 11 is 0. The normalized spacial score (nSPS) is 24.8. The summed E-state index contributed by atoms with van der Waals surface area (Å²) in [5.74, 6) is 3.78. The lowest BCUT2D eigenvalue weighted by Crippen LogP contribution is -2.45. The largest absolute Gasteiger partial charge is 0.391 e. The van der Waals surface area contributed by atoms with Crippen LogP contribution in [-0.2, 0) is 6.42 Å². The van der Waals surface area contributed by atoms with Crippen LogP contribution in [0.25, 0.3) is 0 Å². The molecule has 0 bridgehead atoms. The molecule has 1 aliphatic carbocycles. The van der Waals surface area contributed by atoms with E-state index in [0.717, 1.165) is 12.0 Å². The highest BCUT2D eigenvalue weighted by Crippen LogP contribution is 2.41. The fourth-order valence-electron chi connectivity index (χ4n) is 3.17. The Bertz CT molecular complexity index is 461. The molecule has 1 aromatic rings. The number of rotatable bonds is 4. The van der Waals surface area contributed by atoms with E-state index in [4.69, 9.17) is 5.84 Å². The Morgan fingerprint density at radius 3 is 2.67 bits per heavy atom. The van der Waals surface area contributed by atoms with Crippen molar-refractivity contribution in [2.75, 3.05) is 0 Å². The maximum absolute atomic E-state index is 13.2. The Morgan fingerprint density at radius 1 is 1.29 bits per heavy atom. The van der Waals surface area contributed by atoms with Crippen molar-refractivity contribution in [1.29, 1.82) is 0 Å². The number of hydrazine groups is 1. The minimum Gasteiger partial charge on any atom is -0.271 e. The van der Waals surface area contributed by atoms with Crippen molar-refractivity contribution in [2.45, 2.75) is 44.3 Å². The molecule has 0 aliphatic heterocycles. The summed E-state index contributed by atoms with van der Waals surface area (Å²) in [6, 6.07) is 5.83. The van der Waals surface area contributed by atoms with Crippen molar-refractivity contribution in [1.82, 2.24) is 5.43 Å². The van der Waals surface area contributed by atoms with Gasteiger partial charge in [-0.1, -0.05) is 18.6 Å². The number of hydrogen-bond donors (Lipinski definition) is 2. The average molecular weight is 304 g/mol. The van der Waals surface area contributed by atoms with Crippen molar-refractivity contribution in [2.24, 2.45) is 17.7 Å². The molecular formula is C15H20F4N2. The van der Waals surface area contributed by atoms with Crippen LogP contribution in [0.4, 0.5) is 17.6 Å². The molecule has 2 rings (SSSR count). The van der Waals surface area contributed by atoms with Crippen molar-refractivity contribution in [3.63, 3.8) is 0 Å². The Morgan fingerprint density at radius 2 is 2.05 bits per heavy atom. The van der Waals surface area contributed by atoms with E-state index in [0.29, 0.717) is 12.8 Å². The molecule has 21 heavy (non-hydrogen) atoms. The lowest BCUT2D eigenvalue weighted by atomic mass is 9.76. The monoisotopic (exact) mass is 304 g/mol. The molecule has 1 aromatic carbocycles. The predicted molar refractivity (Wildman–Crippen MR) is 72.7 cm³/mol. The van der Waals surface area contributed by atoms with Gasteiger partial charge >= 0.3 is 6.18 Å². The zero-order valence-corrected chi connectivity index (χ0v) is 11.7. The zero-order valence-electron chi connectivity index (χ0n) is 11.7. The van der Waals surface area contributed by atoms with Crippen LogP contribution in [0.2, 0.25) is 0 Å². The van der Waals surface area contributed by atoms with Crippen LogP contribution in [0.5, 0.6) is 0 Å². The quantitative estimate of drug-likeness (QED) is 0.507. The van der Waals surface area contributed by atoms with Crippen LogP contribution in [0.15, 0.2) is 24.3 Å². The van der Waals surface area contributed by atoms with Gasteiger partial charge in [-0.2, -0.15) is 13.2 Å². The van der Waals surface area contributed by atoms with Crippen molar-refractivity contribution < 1.29 is 17.6 Å². The Hall–Kier alpha value is -1.14. The number of alkyl halides is 3. The molecule has 1 aliphatic rings. The van der Waals surface area contributed by atoms with Gasteiger partial charge in [0.1, 0.15) is 5.82 Å². The van der Waals surface area contributed by atoms with Gasteiger partial charge in [0.2, 0.25) is 0 Å². The van der Waals surface area contributed by atoms with E-state index in [9.17, 15) is 17.6 Å². The van der Waals surface area contributed by atoms with E-state index in [-0.39, 0.29) is 30.6 Å². The molecule has 3 atom stereocenters. The third-order valence-corrected chi connectivity index (χ3v) is 4.31. The van der Waals surface area contributed by atoms with E-state index in [1.807, 2.05) is 0 Å². The highest BCUT2D eigenvalue weighted by Gasteiger charge is 2.43. The fraction of sp³-hybridized carbons (Fsp3) is 0.600. The summed E-state index contributed by atoms with van der Waals surface area (Å²) in [5.41, 5.74) is 3.36. The Balaban J connectivity index is 2.03. The number of halogens is 4. The summed E-state index contributed by atoms with van der Waals surface area (Å²) in [6.45, 7) is 0. The topological polar surface area (TPSA) is 38.0 Å². The maximum Gasteiger partial charge on any atom is 0.391 e. The zero-order chi connectivity index (χ0) is 15.5. The first kappa shape index (κ1) is 16.2. The lowest BCUT2D eigenvalue weighted by molar-refractivity contribution is -0.186. The molecule has 0 radical (unpaired) electrons. The Kier molecular flexibility index (Phi) is 5.22. The second-order valence-corrected chi connectivity index (χ2v) is 5.77. The number of nitrogens with one attached hydrogen (secondary N) is 1. The van der Waals surface area contributed by atoms with Gasteiger partial charge in [0.25, 0.3) is 0 Å². The molecule has 0 saturated heterocycles. The van der Waals surface area contributed by atoms with Gasteiger partial charge in [-0.25, -0.2) is 4.39 Å². The average Bonchev–Trinajstić information content (AvgIpc) is 2.44. The first-order valence-corrected chi connectivity index (χ1v) is 7.17. The molecule has 0 heterocycles. The predicted octanol–water partition coefficient (Wildman–Crippen LogP) is 3.57. The molecule has 2 nitrogen and oxygen atoms in total. The van der Waals surface area contributed by atoms with Crippen molar-refractivity contribution >= 4 is 0 Å². The highest BCUT2D eigenvalue weighted by molar-refractivity contribution is 5.17. The number of nitrogens with two attached hydrogens (primary N) is 1. The van der Waals surface area contributed by atoms with E-state index in [1.54, 1.807) is 12.1 Å². The van der Waals surface area contributed by atoms with Crippen LogP contribution >= 0.6 is 0 Å². The molecule has 1 fully saturated rings. The van der Waals surface area contributed by atoms with E-state index >= 15 is 0 Å². The fourth-order valence-corrected chi connectivity index (χ4v) is 3.17. The molecule has 0 amide bonds. The minimum absolute atomic E-state index is 0.0910. The van der Waals surface area contributed by atoms with Gasteiger partial charge < -0.3 is 0 Å². The van der Waals surface area contributed by atoms with Gasteiger partial charge in [-0.05, 0) is 49.3 Å². The minimum atomic E-state index is -4.14. The summed E-state index contributed by atoms with van der Waals surface area (Å²) < 4.78 is 51.8. The van der Waals surface area contributed by atoms with Crippen LogP contribution in [-0.4, -0.2) is 12.2 Å². The lowest BCUT2D eigenvalue weighted by Gasteiger charge is -2.35. The molecule has 3 N–H and O–H groups in total. The molecule has 0 spiro atoms. The SMILES string of the molecule is NNC(Cc1cccc(F)c1)C1CCCC(C(F)(F)F)C1. The standard InChI is InChI=1S/C15H20F4N2/c16-13-6-1-3-10(7-13)8-14(21-20)11-4-2-5-12(9-11)15(17,18)19/h1,3,6-7,11-12,14,21H,2,4-5,8-9,20H2. The van der Waals surface area contributed by atoms with E-state index in [1.165, 1.54) is 12.1 Å². The summed E-state index contributed by atoms with van der Waals surface area (Å²) in [6.07, 6.45) is -2.15. The number of hydrogen-bond acceptors (Lipinski definition) is 2. The van der Waals surface area contributed by atoms with Crippen LogP contribution in [0, 0.1) is 17.7 Å². The number of benzene rings is 1. The van der Waals surface area contributed by atoms with Crippen molar-refractivity contribution in [3.05, 3.63) is 35.6 Å². The van der Waals surface area contributed by atoms with Gasteiger partial charge in [0.05, 0.1) is 5.92 Å². The second-order valence-electron chi connectivity index (χ2n) is 5.77.